The number of ether oxygens (including phenoxy) is 1. The van der Waals surface area contributed by atoms with Crippen molar-refractivity contribution >= 4 is 23.7 Å². The fraction of sp³-hybridized carbons (Fsp3) is 0.192. The Balaban J connectivity index is 1.62. The first kappa shape index (κ1) is 23.9. The van der Waals surface area contributed by atoms with Gasteiger partial charge in [0.25, 0.3) is 5.91 Å². The number of rotatable bonds is 8. The fourth-order valence-corrected chi connectivity index (χ4v) is 3.78. The van der Waals surface area contributed by atoms with Crippen molar-refractivity contribution in [2.75, 3.05) is 0 Å². The van der Waals surface area contributed by atoms with Crippen LogP contribution in [-0.2, 0) is 9.59 Å². The Labute approximate surface area is 200 Å². The van der Waals surface area contributed by atoms with E-state index in [1.165, 1.54) is 24.5 Å². The van der Waals surface area contributed by atoms with Crippen molar-refractivity contribution in [1.29, 1.82) is 0 Å². The molecule has 1 aliphatic heterocycles. The Hall–Kier alpha value is -4.27. The first-order chi connectivity index (χ1) is 16.8. The van der Waals surface area contributed by atoms with E-state index in [0.29, 0.717) is 16.9 Å². The number of aliphatic imine (C=N–C) groups is 1. The number of hydrazine groups is 1. The standard InChI is InChI=1S/C26H23F2N3O4/c1-16(2)22(17-10-12-19(13-11-17)35-26(27)28)24(32)30-31-23(18-7-4-3-5-8-18)29-21(25(31)33)15-20-9-6-14-34-20/h3-16,22,26H,1-2H3,(H,30,32)/b21-15-/t22-/m0/s1. The number of hydrogen-bond donors (Lipinski definition) is 1. The Bertz CT molecular complexity index is 1240. The normalized spacial score (nSPS) is 15.6. The van der Waals surface area contributed by atoms with Crippen LogP contribution >= 0.6 is 0 Å². The summed E-state index contributed by atoms with van der Waals surface area (Å²) in [6, 6.07) is 18.3. The highest BCUT2D eigenvalue weighted by atomic mass is 19.3. The quantitative estimate of drug-likeness (QED) is 0.462. The van der Waals surface area contributed by atoms with Gasteiger partial charge in [0.15, 0.2) is 5.84 Å². The van der Waals surface area contributed by atoms with E-state index in [1.807, 2.05) is 19.9 Å². The summed E-state index contributed by atoms with van der Waals surface area (Å²) in [6.07, 6.45) is 2.98. The maximum absolute atomic E-state index is 13.4. The minimum atomic E-state index is -2.94. The molecule has 7 nitrogen and oxygen atoms in total. The number of hydrogen-bond acceptors (Lipinski definition) is 5. The van der Waals surface area contributed by atoms with Gasteiger partial charge in [0.05, 0.1) is 12.2 Å². The third-order valence-corrected chi connectivity index (χ3v) is 5.35. The van der Waals surface area contributed by atoms with E-state index in [4.69, 9.17) is 4.42 Å². The molecule has 0 bridgehead atoms. The van der Waals surface area contributed by atoms with Crippen molar-refractivity contribution in [3.05, 3.63) is 95.6 Å². The summed E-state index contributed by atoms with van der Waals surface area (Å²) in [6.45, 7) is 0.771. The SMILES string of the molecule is CC(C)[C@H](C(=O)NN1C(=O)/C(=C/c2ccco2)N=C1c1ccccc1)c1ccc(OC(F)F)cc1. The molecule has 35 heavy (non-hydrogen) atoms. The first-order valence-corrected chi connectivity index (χ1v) is 10.9. The summed E-state index contributed by atoms with van der Waals surface area (Å²) in [4.78, 5) is 31.1. The second-order valence-electron chi connectivity index (χ2n) is 8.13. The molecule has 0 radical (unpaired) electrons. The van der Waals surface area contributed by atoms with Crippen LogP contribution in [0.3, 0.4) is 0 Å². The molecule has 1 aromatic heterocycles. The van der Waals surface area contributed by atoms with Crippen molar-refractivity contribution in [2.24, 2.45) is 10.9 Å². The Morgan fingerprint density at radius 3 is 2.37 bits per heavy atom. The van der Waals surface area contributed by atoms with Gasteiger partial charge in [-0.05, 0) is 35.7 Å². The van der Waals surface area contributed by atoms with Crippen LogP contribution in [-0.4, -0.2) is 29.3 Å². The van der Waals surface area contributed by atoms with Crippen LogP contribution in [0.5, 0.6) is 5.75 Å². The molecule has 0 saturated carbocycles. The molecule has 0 unspecified atom stereocenters. The number of nitrogens with zero attached hydrogens (tertiary/aromatic N) is 2. The molecule has 4 rings (SSSR count). The summed E-state index contributed by atoms with van der Waals surface area (Å²) in [5, 5.41) is 1.12. The molecule has 2 amide bonds. The Morgan fingerprint density at radius 2 is 1.77 bits per heavy atom. The number of nitrogens with one attached hydrogen (secondary N) is 1. The Kier molecular flexibility index (Phi) is 7.05. The lowest BCUT2D eigenvalue weighted by molar-refractivity contribution is -0.134. The molecular formula is C26H23F2N3O4. The summed E-state index contributed by atoms with van der Waals surface area (Å²) in [5.74, 6) is -1.08. The van der Waals surface area contributed by atoms with Crippen LogP contribution in [0.15, 0.2) is 88.1 Å². The number of furan rings is 1. The van der Waals surface area contributed by atoms with E-state index in [-0.39, 0.29) is 23.2 Å². The lowest BCUT2D eigenvalue weighted by Gasteiger charge is -2.25. The van der Waals surface area contributed by atoms with Crippen molar-refractivity contribution in [3.8, 4) is 5.75 Å². The van der Waals surface area contributed by atoms with Crippen molar-refractivity contribution < 1.29 is 27.5 Å². The third kappa shape index (κ3) is 5.46. The minimum Gasteiger partial charge on any atom is -0.465 e. The zero-order valence-corrected chi connectivity index (χ0v) is 19.0. The van der Waals surface area contributed by atoms with Gasteiger partial charge in [-0.3, -0.25) is 15.0 Å². The number of amidine groups is 1. The predicted molar refractivity (Wildman–Crippen MR) is 125 cm³/mol. The number of carbonyl (C=O) groups is 2. The predicted octanol–water partition coefficient (Wildman–Crippen LogP) is 4.98. The maximum Gasteiger partial charge on any atom is 0.387 e. The van der Waals surface area contributed by atoms with Gasteiger partial charge in [-0.15, -0.1) is 0 Å². The molecule has 1 N–H and O–H groups in total. The highest BCUT2D eigenvalue weighted by Crippen LogP contribution is 2.28. The zero-order valence-electron chi connectivity index (χ0n) is 19.0. The number of alkyl halides is 2. The number of amides is 2. The molecule has 0 aliphatic carbocycles. The van der Waals surface area contributed by atoms with Crippen LogP contribution in [0.2, 0.25) is 0 Å². The van der Waals surface area contributed by atoms with E-state index >= 15 is 0 Å². The van der Waals surface area contributed by atoms with Crippen molar-refractivity contribution in [3.63, 3.8) is 0 Å². The first-order valence-electron chi connectivity index (χ1n) is 10.9. The number of benzene rings is 2. The second-order valence-corrected chi connectivity index (χ2v) is 8.13. The molecule has 1 aliphatic rings. The van der Waals surface area contributed by atoms with Crippen LogP contribution in [0.4, 0.5) is 8.78 Å². The summed E-state index contributed by atoms with van der Waals surface area (Å²) in [5.41, 5.74) is 4.04. The van der Waals surface area contributed by atoms with Crippen LogP contribution in [0.25, 0.3) is 6.08 Å². The van der Waals surface area contributed by atoms with Crippen LogP contribution < -0.4 is 10.2 Å². The van der Waals surface area contributed by atoms with Gasteiger partial charge in [-0.25, -0.2) is 4.99 Å². The molecule has 3 aromatic rings. The Morgan fingerprint density at radius 1 is 1.06 bits per heavy atom. The van der Waals surface area contributed by atoms with E-state index in [9.17, 15) is 18.4 Å². The summed E-state index contributed by atoms with van der Waals surface area (Å²) >= 11 is 0. The van der Waals surface area contributed by atoms with Crippen LogP contribution in [0.1, 0.15) is 36.7 Å². The molecule has 1 atom stereocenters. The highest BCUT2D eigenvalue weighted by Gasteiger charge is 2.35. The summed E-state index contributed by atoms with van der Waals surface area (Å²) in [7, 11) is 0. The topological polar surface area (TPSA) is 84.1 Å². The monoisotopic (exact) mass is 479 g/mol. The van der Waals surface area contributed by atoms with E-state index in [2.05, 4.69) is 15.2 Å². The van der Waals surface area contributed by atoms with Gasteiger partial charge >= 0.3 is 6.61 Å². The lowest BCUT2D eigenvalue weighted by atomic mass is 9.88. The second kappa shape index (κ2) is 10.3. The van der Waals surface area contributed by atoms with E-state index in [0.717, 1.165) is 5.01 Å². The highest BCUT2D eigenvalue weighted by molar-refractivity contribution is 6.20. The van der Waals surface area contributed by atoms with Gasteiger partial charge in [0, 0.05) is 11.6 Å². The molecule has 9 heteroatoms. The minimum absolute atomic E-state index is 0.00686. The van der Waals surface area contributed by atoms with Gasteiger partial charge in [0.1, 0.15) is 17.2 Å². The van der Waals surface area contributed by atoms with Crippen molar-refractivity contribution in [1.82, 2.24) is 10.4 Å². The third-order valence-electron chi connectivity index (χ3n) is 5.35. The molecular weight excluding hydrogens is 456 g/mol. The zero-order chi connectivity index (χ0) is 24.9. The smallest absolute Gasteiger partial charge is 0.387 e. The largest absolute Gasteiger partial charge is 0.465 e. The maximum atomic E-state index is 13.4. The van der Waals surface area contributed by atoms with Gasteiger partial charge < -0.3 is 9.15 Å². The van der Waals surface area contributed by atoms with Gasteiger partial charge in [-0.2, -0.15) is 13.8 Å². The average molecular weight is 479 g/mol. The lowest BCUT2D eigenvalue weighted by Crippen LogP contribution is -2.49. The molecule has 0 fully saturated rings. The molecule has 180 valence electrons. The fourth-order valence-electron chi connectivity index (χ4n) is 3.78. The molecule has 0 saturated heterocycles. The molecule has 2 heterocycles. The number of carbonyl (C=O) groups excluding carboxylic acids is 2. The van der Waals surface area contributed by atoms with Gasteiger partial charge in [0.2, 0.25) is 5.91 Å². The summed E-state index contributed by atoms with van der Waals surface area (Å²) < 4.78 is 34.7. The van der Waals surface area contributed by atoms with E-state index < -0.39 is 24.3 Å². The number of halogens is 2. The molecule has 2 aromatic carbocycles. The average Bonchev–Trinajstić information content (AvgIpc) is 3.44. The van der Waals surface area contributed by atoms with Gasteiger partial charge in [-0.1, -0.05) is 56.3 Å². The molecule has 0 spiro atoms. The van der Waals surface area contributed by atoms with Crippen LogP contribution in [0, 0.1) is 5.92 Å². The van der Waals surface area contributed by atoms with Crippen molar-refractivity contribution in [2.45, 2.75) is 26.4 Å². The van der Waals surface area contributed by atoms with E-state index in [1.54, 1.807) is 48.5 Å².